The van der Waals surface area contributed by atoms with Crippen molar-refractivity contribution in [1.82, 2.24) is 10.2 Å². The van der Waals surface area contributed by atoms with Gasteiger partial charge in [0.15, 0.2) is 0 Å². The monoisotopic (exact) mass is 274 g/mol. The van der Waals surface area contributed by atoms with E-state index >= 15 is 0 Å². The van der Waals surface area contributed by atoms with Crippen molar-refractivity contribution in [2.75, 3.05) is 26.7 Å². The van der Waals surface area contributed by atoms with Crippen molar-refractivity contribution in [2.24, 2.45) is 5.92 Å². The van der Waals surface area contributed by atoms with Crippen LogP contribution in [0.3, 0.4) is 0 Å². The Morgan fingerprint density at radius 2 is 1.85 bits per heavy atom. The fourth-order valence-electron chi connectivity index (χ4n) is 3.19. The molecule has 1 heterocycles. The zero-order valence-corrected chi connectivity index (χ0v) is 13.5. The summed E-state index contributed by atoms with van der Waals surface area (Å²) in [7, 11) is 2.08. The van der Waals surface area contributed by atoms with Gasteiger partial charge in [-0.3, -0.25) is 0 Å². The van der Waals surface area contributed by atoms with E-state index in [0.717, 1.165) is 12.5 Å². The second-order valence-electron chi connectivity index (χ2n) is 6.67. The summed E-state index contributed by atoms with van der Waals surface area (Å²) >= 11 is 0. The summed E-state index contributed by atoms with van der Waals surface area (Å²) in [4.78, 5) is 2.62. The van der Waals surface area contributed by atoms with Crippen LogP contribution in [-0.2, 0) is 0 Å². The lowest BCUT2D eigenvalue weighted by Gasteiger charge is -2.33. The van der Waals surface area contributed by atoms with Gasteiger partial charge in [-0.2, -0.15) is 0 Å². The fourth-order valence-corrected chi connectivity index (χ4v) is 3.19. The molecule has 1 aromatic rings. The zero-order valence-electron chi connectivity index (χ0n) is 13.5. The maximum absolute atomic E-state index is 3.49. The van der Waals surface area contributed by atoms with Crippen LogP contribution in [-0.4, -0.2) is 31.6 Å². The molecule has 2 atom stereocenters. The molecule has 2 nitrogen and oxygen atoms in total. The summed E-state index contributed by atoms with van der Waals surface area (Å²) in [6, 6.07) is 9.60. The molecule has 0 spiro atoms. The third kappa shape index (κ3) is 4.07. The van der Waals surface area contributed by atoms with Crippen LogP contribution in [0.25, 0.3) is 0 Å². The normalized spacial score (nSPS) is 22.1. The quantitative estimate of drug-likeness (QED) is 0.878. The summed E-state index contributed by atoms with van der Waals surface area (Å²) in [6.07, 6.45) is 2.74. The highest BCUT2D eigenvalue weighted by Crippen LogP contribution is 2.22. The van der Waals surface area contributed by atoms with E-state index in [9.17, 15) is 0 Å². The largest absolute Gasteiger partial charge is 0.312 e. The summed E-state index contributed by atoms with van der Waals surface area (Å²) < 4.78 is 0. The van der Waals surface area contributed by atoms with Crippen LogP contribution < -0.4 is 5.32 Å². The van der Waals surface area contributed by atoms with E-state index in [0.29, 0.717) is 12.0 Å². The summed E-state index contributed by atoms with van der Waals surface area (Å²) in [5.41, 5.74) is 2.84. The van der Waals surface area contributed by atoms with Crippen molar-refractivity contribution < 1.29 is 0 Å². The lowest BCUT2D eigenvalue weighted by Crippen LogP contribution is -2.39. The minimum absolute atomic E-state index is 0.446. The number of likely N-dealkylation sites (N-methyl/N-ethyl adjacent to an activating group) is 1. The topological polar surface area (TPSA) is 15.3 Å². The molecule has 1 fully saturated rings. The fraction of sp³-hybridized carbons (Fsp3) is 0.667. The Morgan fingerprint density at radius 3 is 2.40 bits per heavy atom. The molecule has 1 N–H and O–H groups in total. The Kier molecular flexibility index (Phi) is 5.62. The van der Waals surface area contributed by atoms with Crippen LogP contribution >= 0.6 is 0 Å². The Labute approximate surface area is 124 Å². The standard InChI is InChI=1S/C18H30N2/c1-14(2)16-7-9-17(10-8-16)18(19-4)13-20-11-5-6-15(3)12-20/h7-10,14-15,18-19H,5-6,11-13H2,1-4H3. The Morgan fingerprint density at radius 1 is 1.20 bits per heavy atom. The van der Waals surface area contributed by atoms with E-state index in [1.165, 1.54) is 37.1 Å². The Hall–Kier alpha value is -0.860. The molecule has 1 saturated heterocycles. The van der Waals surface area contributed by atoms with Gasteiger partial charge in [0.1, 0.15) is 0 Å². The SMILES string of the molecule is CNC(CN1CCCC(C)C1)c1ccc(C(C)C)cc1. The van der Waals surface area contributed by atoms with Gasteiger partial charge in [-0.1, -0.05) is 45.0 Å². The van der Waals surface area contributed by atoms with Crippen LogP contribution in [0.4, 0.5) is 0 Å². The minimum atomic E-state index is 0.446. The highest BCUT2D eigenvalue weighted by atomic mass is 15.2. The maximum Gasteiger partial charge on any atom is 0.0446 e. The molecule has 2 rings (SSSR count). The van der Waals surface area contributed by atoms with Gasteiger partial charge >= 0.3 is 0 Å². The number of likely N-dealkylation sites (tertiary alicyclic amines) is 1. The highest BCUT2D eigenvalue weighted by Gasteiger charge is 2.20. The number of piperidine rings is 1. The first-order valence-electron chi connectivity index (χ1n) is 8.09. The zero-order chi connectivity index (χ0) is 14.5. The van der Waals surface area contributed by atoms with E-state index in [1.54, 1.807) is 0 Å². The van der Waals surface area contributed by atoms with Gasteiger partial charge in [0.05, 0.1) is 0 Å². The Bertz CT molecular complexity index is 396. The van der Waals surface area contributed by atoms with E-state index < -0.39 is 0 Å². The second kappa shape index (κ2) is 7.24. The number of nitrogens with one attached hydrogen (secondary N) is 1. The van der Waals surface area contributed by atoms with Crippen molar-refractivity contribution in [3.63, 3.8) is 0 Å². The van der Waals surface area contributed by atoms with Crippen molar-refractivity contribution in [2.45, 2.75) is 45.6 Å². The number of rotatable bonds is 5. The van der Waals surface area contributed by atoms with Crippen LogP contribution in [0.2, 0.25) is 0 Å². The lowest BCUT2D eigenvalue weighted by atomic mass is 9.97. The van der Waals surface area contributed by atoms with E-state index in [2.05, 4.69) is 62.3 Å². The number of hydrogen-bond donors (Lipinski definition) is 1. The lowest BCUT2D eigenvalue weighted by molar-refractivity contribution is 0.169. The van der Waals surface area contributed by atoms with Crippen molar-refractivity contribution >= 4 is 0 Å². The molecule has 1 aliphatic heterocycles. The van der Waals surface area contributed by atoms with Crippen LogP contribution in [0, 0.1) is 5.92 Å². The second-order valence-corrected chi connectivity index (χ2v) is 6.67. The molecule has 20 heavy (non-hydrogen) atoms. The molecule has 0 saturated carbocycles. The van der Waals surface area contributed by atoms with Gasteiger partial charge in [-0.05, 0) is 49.4 Å². The molecule has 0 amide bonds. The smallest absolute Gasteiger partial charge is 0.0446 e. The summed E-state index contributed by atoms with van der Waals surface area (Å²) in [5, 5.41) is 3.49. The molecule has 112 valence electrons. The molecular formula is C18H30N2. The number of benzene rings is 1. The molecule has 0 radical (unpaired) electrons. The summed E-state index contributed by atoms with van der Waals surface area (Å²) in [5.74, 6) is 1.46. The van der Waals surface area contributed by atoms with Gasteiger partial charge in [-0.15, -0.1) is 0 Å². The highest BCUT2D eigenvalue weighted by molar-refractivity contribution is 5.27. The minimum Gasteiger partial charge on any atom is -0.312 e. The third-order valence-electron chi connectivity index (χ3n) is 4.54. The first-order chi connectivity index (χ1) is 9.60. The van der Waals surface area contributed by atoms with Gasteiger partial charge in [0.25, 0.3) is 0 Å². The molecule has 2 heteroatoms. The average Bonchev–Trinajstić information content (AvgIpc) is 2.45. The van der Waals surface area contributed by atoms with E-state index in [4.69, 9.17) is 0 Å². The number of hydrogen-bond acceptors (Lipinski definition) is 2. The molecule has 2 unspecified atom stereocenters. The molecule has 0 aromatic heterocycles. The molecular weight excluding hydrogens is 244 g/mol. The predicted molar refractivity (Wildman–Crippen MR) is 87.2 cm³/mol. The van der Waals surface area contributed by atoms with Gasteiger partial charge in [0, 0.05) is 19.1 Å². The van der Waals surface area contributed by atoms with Gasteiger partial charge in [-0.25, -0.2) is 0 Å². The van der Waals surface area contributed by atoms with Crippen LogP contribution in [0.15, 0.2) is 24.3 Å². The molecule has 1 aromatic carbocycles. The van der Waals surface area contributed by atoms with Gasteiger partial charge in [0.2, 0.25) is 0 Å². The summed E-state index contributed by atoms with van der Waals surface area (Å²) in [6.45, 7) is 10.5. The Balaban J connectivity index is 2.00. The number of nitrogens with zero attached hydrogens (tertiary/aromatic N) is 1. The first-order valence-corrected chi connectivity index (χ1v) is 8.09. The third-order valence-corrected chi connectivity index (χ3v) is 4.54. The van der Waals surface area contributed by atoms with Gasteiger partial charge < -0.3 is 10.2 Å². The molecule has 0 aliphatic carbocycles. The average molecular weight is 274 g/mol. The van der Waals surface area contributed by atoms with Crippen molar-refractivity contribution in [3.8, 4) is 0 Å². The van der Waals surface area contributed by atoms with E-state index in [1.807, 2.05) is 0 Å². The molecule has 0 bridgehead atoms. The van der Waals surface area contributed by atoms with Crippen LogP contribution in [0.1, 0.15) is 56.7 Å². The predicted octanol–water partition coefficient (Wildman–Crippen LogP) is 3.80. The van der Waals surface area contributed by atoms with Crippen molar-refractivity contribution in [1.29, 1.82) is 0 Å². The van der Waals surface area contributed by atoms with Crippen LogP contribution in [0.5, 0.6) is 0 Å². The first kappa shape index (κ1) is 15.5. The molecule has 1 aliphatic rings. The maximum atomic E-state index is 3.49. The van der Waals surface area contributed by atoms with Crippen molar-refractivity contribution in [3.05, 3.63) is 35.4 Å². The van der Waals surface area contributed by atoms with E-state index in [-0.39, 0.29) is 0 Å².